The second-order valence-electron chi connectivity index (χ2n) is 5.81. The quantitative estimate of drug-likeness (QED) is 0.665. The molecule has 0 aromatic heterocycles. The summed E-state index contributed by atoms with van der Waals surface area (Å²) in [6.45, 7) is 6.35. The lowest BCUT2D eigenvalue weighted by atomic mass is 9.87. The van der Waals surface area contributed by atoms with E-state index in [0.717, 1.165) is 15.7 Å². The Labute approximate surface area is 141 Å². The van der Waals surface area contributed by atoms with Crippen molar-refractivity contribution >= 4 is 10.1 Å². The Kier molecular flexibility index (Phi) is 5.24. The van der Waals surface area contributed by atoms with E-state index in [4.69, 9.17) is 2.51 Å². The maximum atomic E-state index is 12.8. The third-order valence-electron chi connectivity index (χ3n) is 3.02. The lowest BCUT2D eigenvalue weighted by molar-refractivity contribution is -0.837. The Morgan fingerprint density at radius 3 is 2.00 bits per heavy atom. The smallest absolute Gasteiger partial charge is 0.207 e. The van der Waals surface area contributed by atoms with Gasteiger partial charge in [-0.15, -0.1) is 0 Å². The van der Waals surface area contributed by atoms with Crippen molar-refractivity contribution in [1.29, 1.82) is 0 Å². The predicted molar refractivity (Wildman–Crippen MR) is 78.5 cm³/mol. The van der Waals surface area contributed by atoms with Crippen molar-refractivity contribution in [2.24, 2.45) is 0 Å². The van der Waals surface area contributed by atoms with Crippen molar-refractivity contribution in [2.75, 3.05) is 0 Å². The molecule has 0 aliphatic heterocycles. The molecule has 0 atom stereocenters. The summed E-state index contributed by atoms with van der Waals surface area (Å²) in [5.41, 5.74) is 1.24. The molecule has 0 bridgehead atoms. The minimum atomic E-state index is -3.83. The van der Waals surface area contributed by atoms with E-state index in [9.17, 15) is 12.8 Å². The van der Waals surface area contributed by atoms with E-state index in [1.165, 1.54) is 17.7 Å². The molecule has 0 fully saturated rings. The fraction of sp³-hybridized carbons (Fsp3) is 0.250. The summed E-state index contributed by atoms with van der Waals surface area (Å²) in [5, 5.41) is 0. The largest absolute Gasteiger partial charge is 0.540 e. The van der Waals surface area contributed by atoms with Gasteiger partial charge in [-0.2, -0.15) is 8.42 Å². The summed E-state index contributed by atoms with van der Waals surface area (Å²) in [6, 6.07) is 12.4. The lowest BCUT2D eigenvalue weighted by Gasteiger charge is -2.18. The van der Waals surface area contributed by atoms with Crippen molar-refractivity contribution in [2.45, 2.75) is 31.1 Å². The first kappa shape index (κ1) is 17.4. The van der Waals surface area contributed by atoms with Crippen LogP contribution in [0.4, 0.5) is 4.39 Å². The van der Waals surface area contributed by atoms with Crippen LogP contribution in [0.3, 0.4) is 0 Å². The van der Waals surface area contributed by atoms with E-state index in [1.807, 2.05) is 24.3 Å². The molecule has 22 heavy (non-hydrogen) atoms. The van der Waals surface area contributed by atoms with Crippen LogP contribution in [-0.2, 0) is 18.0 Å². The highest BCUT2D eigenvalue weighted by Gasteiger charge is 2.28. The molecule has 3 nitrogen and oxygen atoms in total. The summed E-state index contributed by atoms with van der Waals surface area (Å²) in [6.07, 6.45) is 0. The van der Waals surface area contributed by atoms with Crippen LogP contribution in [-0.4, -0.2) is 8.42 Å². The summed E-state index contributed by atoms with van der Waals surface area (Å²) in [7, 11) is -3.83. The Hall–Kier alpha value is -0.990. The van der Waals surface area contributed by atoms with E-state index < -0.39 is 37.6 Å². The molecule has 6 heteroatoms. The minimum Gasteiger partial charge on any atom is -0.207 e. The highest BCUT2D eigenvalue weighted by atomic mass is 127. The van der Waals surface area contributed by atoms with Crippen LogP contribution in [0.1, 0.15) is 26.3 Å². The van der Waals surface area contributed by atoms with E-state index in [1.54, 1.807) is 0 Å². The van der Waals surface area contributed by atoms with Crippen LogP contribution in [0.2, 0.25) is 0 Å². The van der Waals surface area contributed by atoms with Gasteiger partial charge in [0.15, 0.2) is 0 Å². The Bertz CT molecular complexity index is 732. The van der Waals surface area contributed by atoms with Crippen LogP contribution in [0, 0.1) is 9.39 Å². The first-order valence-electron chi connectivity index (χ1n) is 6.63. The van der Waals surface area contributed by atoms with Crippen LogP contribution < -0.4 is 21.6 Å². The number of hydrogen-bond donors (Lipinski definition) is 0. The molecular formula is C16H17FIO3S+. The molecule has 0 radical (unpaired) electrons. The summed E-state index contributed by atoms with van der Waals surface area (Å²) in [4.78, 5) is -0.0279. The van der Waals surface area contributed by atoms with E-state index in [-0.39, 0.29) is 10.3 Å². The Morgan fingerprint density at radius 2 is 1.50 bits per heavy atom. The summed E-state index contributed by atoms with van der Waals surface area (Å²) < 4.78 is 42.9. The zero-order valence-electron chi connectivity index (χ0n) is 12.5. The maximum Gasteiger partial charge on any atom is 0.540 e. The Morgan fingerprint density at radius 1 is 0.955 bits per heavy atom. The van der Waals surface area contributed by atoms with Gasteiger partial charge >= 0.3 is 31.7 Å². The molecule has 2 aromatic carbocycles. The fourth-order valence-electron chi connectivity index (χ4n) is 1.72. The van der Waals surface area contributed by atoms with Crippen LogP contribution >= 0.6 is 0 Å². The van der Waals surface area contributed by atoms with Gasteiger partial charge in [-0.05, 0) is 49.9 Å². The molecule has 0 amide bonds. The normalized spacial score (nSPS) is 12.4. The maximum absolute atomic E-state index is 12.8. The van der Waals surface area contributed by atoms with Gasteiger partial charge in [0, 0.05) is 0 Å². The highest BCUT2D eigenvalue weighted by molar-refractivity contribution is 7.86. The predicted octanol–water partition coefficient (Wildman–Crippen LogP) is 0.702. The standard InChI is InChI=1S/C16H17FIO3S/c1-16(2,3)12-4-8-14(9-5-12)18-21-22(19,20)15-10-6-13(17)7-11-15/h4-11H,1-3H3/q+1. The molecule has 0 heterocycles. The monoisotopic (exact) mass is 435 g/mol. The van der Waals surface area contributed by atoms with Gasteiger partial charge in [0.2, 0.25) is 3.57 Å². The van der Waals surface area contributed by atoms with Gasteiger partial charge in [0.1, 0.15) is 5.82 Å². The molecule has 0 aliphatic rings. The van der Waals surface area contributed by atoms with Crippen LogP contribution in [0.25, 0.3) is 0 Å². The van der Waals surface area contributed by atoms with Crippen molar-refractivity contribution in [1.82, 2.24) is 0 Å². The van der Waals surface area contributed by atoms with E-state index in [0.29, 0.717) is 0 Å². The lowest BCUT2D eigenvalue weighted by Crippen LogP contribution is -3.61. The van der Waals surface area contributed by atoms with Crippen molar-refractivity contribution in [3.8, 4) is 0 Å². The van der Waals surface area contributed by atoms with Gasteiger partial charge in [-0.3, -0.25) is 0 Å². The molecule has 2 rings (SSSR count). The second kappa shape index (κ2) is 6.64. The third-order valence-corrected chi connectivity index (χ3v) is 7.28. The van der Waals surface area contributed by atoms with Crippen molar-refractivity contribution in [3.63, 3.8) is 0 Å². The van der Waals surface area contributed by atoms with E-state index >= 15 is 0 Å². The Balaban J connectivity index is 2.07. The van der Waals surface area contributed by atoms with Crippen molar-refractivity contribution in [3.05, 3.63) is 63.5 Å². The molecular weight excluding hydrogens is 418 g/mol. The number of hydrogen-bond acceptors (Lipinski definition) is 3. The van der Waals surface area contributed by atoms with E-state index in [2.05, 4.69) is 20.8 Å². The third kappa shape index (κ3) is 4.50. The highest BCUT2D eigenvalue weighted by Crippen LogP contribution is 2.20. The number of benzene rings is 2. The van der Waals surface area contributed by atoms with Gasteiger partial charge < -0.3 is 0 Å². The van der Waals surface area contributed by atoms with Gasteiger partial charge in [0.05, 0.1) is 4.90 Å². The molecule has 0 unspecified atom stereocenters. The molecule has 0 saturated carbocycles. The number of halogens is 2. The summed E-state index contributed by atoms with van der Waals surface area (Å²) >= 11 is -1.13. The SMILES string of the molecule is CC(C)(C)c1ccc([I+]OS(=O)(=O)c2ccc(F)cc2)cc1. The molecule has 2 aromatic rings. The molecule has 0 saturated heterocycles. The fourth-order valence-corrected chi connectivity index (χ4v) is 5.02. The topological polar surface area (TPSA) is 43.4 Å². The van der Waals surface area contributed by atoms with Gasteiger partial charge in [-0.1, -0.05) is 32.9 Å². The number of rotatable bonds is 4. The second-order valence-corrected chi connectivity index (χ2v) is 10.1. The molecule has 0 spiro atoms. The minimum absolute atomic E-state index is 0.0279. The zero-order chi connectivity index (χ0) is 16.4. The van der Waals surface area contributed by atoms with Gasteiger partial charge in [0.25, 0.3) is 0 Å². The van der Waals surface area contributed by atoms with Crippen LogP contribution in [0.5, 0.6) is 0 Å². The summed E-state index contributed by atoms with van der Waals surface area (Å²) in [5.74, 6) is -0.480. The van der Waals surface area contributed by atoms with Crippen molar-refractivity contribution < 1.29 is 36.9 Å². The van der Waals surface area contributed by atoms with Crippen LogP contribution in [0.15, 0.2) is 53.4 Å². The average molecular weight is 435 g/mol. The van der Waals surface area contributed by atoms with Gasteiger partial charge in [-0.25, -0.2) is 4.39 Å². The molecule has 0 N–H and O–H groups in total. The molecule has 118 valence electrons. The first-order chi connectivity index (χ1) is 10.2. The first-order valence-corrected chi connectivity index (χ1v) is 10.00. The average Bonchev–Trinajstić information content (AvgIpc) is 2.45. The molecule has 0 aliphatic carbocycles. The zero-order valence-corrected chi connectivity index (χ0v) is 15.5.